The molecule has 3 aromatic rings. The molecule has 8 nitrogen and oxygen atoms in total. The standard InChI is InChI=1S/C21H23N7O/c1-12-8-14(9-17-15(12)10-24-27-17)18-11-28-7-6-22-20(28)19(26-18)25-16-4-5-23-21(29-3)13(16)2/h4-7,9-13,16H,8H2,1-3H3,(H,24,27)(H,25,26). The Bertz CT molecular complexity index is 1150. The van der Waals surface area contributed by atoms with Gasteiger partial charge >= 0.3 is 0 Å². The van der Waals surface area contributed by atoms with Crippen molar-refractivity contribution >= 4 is 29.0 Å². The molecule has 3 atom stereocenters. The lowest BCUT2D eigenvalue weighted by Gasteiger charge is -2.26. The maximum atomic E-state index is 5.40. The highest BCUT2D eigenvalue weighted by atomic mass is 16.5. The molecule has 5 rings (SSSR count). The van der Waals surface area contributed by atoms with Crippen molar-refractivity contribution in [1.82, 2.24) is 24.6 Å². The van der Waals surface area contributed by atoms with Gasteiger partial charge in [0, 0.05) is 30.4 Å². The number of methoxy groups -OCH3 is 1. The van der Waals surface area contributed by atoms with E-state index in [9.17, 15) is 0 Å². The van der Waals surface area contributed by atoms with Gasteiger partial charge in [-0.05, 0) is 30.1 Å². The summed E-state index contributed by atoms with van der Waals surface area (Å²) < 4.78 is 7.41. The maximum Gasteiger partial charge on any atom is 0.192 e. The molecule has 29 heavy (non-hydrogen) atoms. The zero-order valence-electron chi connectivity index (χ0n) is 16.6. The lowest BCUT2D eigenvalue weighted by Crippen LogP contribution is -2.34. The van der Waals surface area contributed by atoms with Crippen molar-refractivity contribution in [1.29, 1.82) is 0 Å². The van der Waals surface area contributed by atoms with E-state index in [4.69, 9.17) is 9.72 Å². The third-order valence-electron chi connectivity index (χ3n) is 5.71. The fourth-order valence-electron chi connectivity index (χ4n) is 4.07. The summed E-state index contributed by atoms with van der Waals surface area (Å²) in [7, 11) is 1.65. The molecule has 8 heteroatoms. The minimum absolute atomic E-state index is 0.0177. The minimum Gasteiger partial charge on any atom is -0.484 e. The second-order valence-electron chi connectivity index (χ2n) is 7.62. The SMILES string of the molecule is COC1=NC=CC(Nc2nc(C3=Cc4[nH]ncc4C(C)C3)cn3ccnc23)C1C. The summed E-state index contributed by atoms with van der Waals surface area (Å²) >= 11 is 0. The van der Waals surface area contributed by atoms with Crippen molar-refractivity contribution in [2.45, 2.75) is 32.2 Å². The molecular formula is C21H23N7O. The van der Waals surface area contributed by atoms with Gasteiger partial charge in [0.15, 0.2) is 17.4 Å². The van der Waals surface area contributed by atoms with Crippen LogP contribution in [0.4, 0.5) is 5.82 Å². The topological polar surface area (TPSA) is 92.5 Å². The smallest absolute Gasteiger partial charge is 0.192 e. The van der Waals surface area contributed by atoms with E-state index in [-0.39, 0.29) is 12.0 Å². The van der Waals surface area contributed by atoms with Crippen molar-refractivity contribution in [3.05, 3.63) is 54.0 Å². The van der Waals surface area contributed by atoms with Crippen LogP contribution in [0.1, 0.15) is 43.1 Å². The highest BCUT2D eigenvalue weighted by Gasteiger charge is 2.26. The van der Waals surface area contributed by atoms with Crippen LogP contribution < -0.4 is 5.32 Å². The molecule has 2 aliphatic rings. The largest absolute Gasteiger partial charge is 0.484 e. The number of aromatic amines is 1. The third-order valence-corrected chi connectivity index (χ3v) is 5.71. The van der Waals surface area contributed by atoms with Gasteiger partial charge in [0.05, 0.1) is 36.7 Å². The molecule has 4 heterocycles. The molecule has 1 aliphatic carbocycles. The Morgan fingerprint density at radius 3 is 3.07 bits per heavy atom. The number of anilines is 1. The molecule has 0 bridgehead atoms. The van der Waals surface area contributed by atoms with Gasteiger partial charge in [-0.3, -0.25) is 5.10 Å². The Hall–Kier alpha value is -3.42. The number of aromatic nitrogens is 5. The summed E-state index contributed by atoms with van der Waals surface area (Å²) in [6.07, 6.45) is 14.6. The zero-order valence-corrected chi connectivity index (χ0v) is 16.6. The predicted octanol–water partition coefficient (Wildman–Crippen LogP) is 3.49. The second kappa shape index (κ2) is 6.88. The summed E-state index contributed by atoms with van der Waals surface area (Å²) in [5, 5.41) is 10.8. The first kappa shape index (κ1) is 17.7. The molecule has 148 valence electrons. The number of nitrogens with one attached hydrogen (secondary N) is 2. The molecule has 2 N–H and O–H groups in total. The van der Waals surface area contributed by atoms with E-state index in [1.54, 1.807) is 19.5 Å². The predicted molar refractivity (Wildman–Crippen MR) is 113 cm³/mol. The highest BCUT2D eigenvalue weighted by molar-refractivity contribution is 5.84. The number of hydrogen-bond acceptors (Lipinski definition) is 6. The Kier molecular flexibility index (Phi) is 4.19. The molecule has 0 saturated carbocycles. The monoisotopic (exact) mass is 389 g/mol. The van der Waals surface area contributed by atoms with Gasteiger partial charge in [0.1, 0.15) is 0 Å². The Balaban J connectivity index is 1.53. The summed E-state index contributed by atoms with van der Waals surface area (Å²) in [5.41, 5.74) is 5.22. The van der Waals surface area contributed by atoms with Gasteiger partial charge in [0.2, 0.25) is 0 Å². The molecule has 0 fully saturated rings. The van der Waals surface area contributed by atoms with Crippen LogP contribution >= 0.6 is 0 Å². The molecule has 1 aliphatic heterocycles. The molecule has 0 spiro atoms. The molecule has 3 unspecified atom stereocenters. The van der Waals surface area contributed by atoms with E-state index in [2.05, 4.69) is 45.4 Å². The Labute approximate surface area is 168 Å². The third kappa shape index (κ3) is 3.00. The molecule has 0 radical (unpaired) electrons. The first-order valence-corrected chi connectivity index (χ1v) is 9.77. The van der Waals surface area contributed by atoms with Crippen LogP contribution in [0.25, 0.3) is 17.3 Å². The van der Waals surface area contributed by atoms with Crippen LogP contribution in [0.5, 0.6) is 0 Å². The molecule has 0 aromatic carbocycles. The Morgan fingerprint density at radius 1 is 1.31 bits per heavy atom. The van der Waals surface area contributed by atoms with Crippen molar-refractivity contribution in [2.75, 3.05) is 12.4 Å². The normalized spacial score (nSPS) is 23.5. The van der Waals surface area contributed by atoms with Gasteiger partial charge in [0.25, 0.3) is 0 Å². The average Bonchev–Trinajstić information content (AvgIpc) is 3.38. The first-order valence-electron chi connectivity index (χ1n) is 9.77. The van der Waals surface area contributed by atoms with Crippen LogP contribution in [-0.2, 0) is 4.74 Å². The maximum absolute atomic E-state index is 5.40. The average molecular weight is 389 g/mol. The van der Waals surface area contributed by atoms with E-state index in [0.29, 0.717) is 11.8 Å². The number of nitrogens with zero attached hydrogens (tertiary/aromatic N) is 5. The van der Waals surface area contributed by atoms with Crippen LogP contribution in [0.3, 0.4) is 0 Å². The van der Waals surface area contributed by atoms with E-state index in [0.717, 1.165) is 29.3 Å². The van der Waals surface area contributed by atoms with Crippen LogP contribution in [-0.4, -0.2) is 43.6 Å². The van der Waals surface area contributed by atoms with E-state index < -0.39 is 0 Å². The first-order chi connectivity index (χ1) is 14.1. The molecule has 0 amide bonds. The van der Waals surface area contributed by atoms with Crippen molar-refractivity contribution in [3.63, 3.8) is 0 Å². The number of H-pyrrole nitrogens is 1. The summed E-state index contributed by atoms with van der Waals surface area (Å²) in [5.74, 6) is 1.93. The number of fused-ring (bicyclic) bond motifs is 2. The highest BCUT2D eigenvalue weighted by Crippen LogP contribution is 2.36. The number of ether oxygens (including phenoxy) is 1. The lowest BCUT2D eigenvalue weighted by molar-refractivity contribution is 0.363. The summed E-state index contributed by atoms with van der Waals surface area (Å²) in [4.78, 5) is 13.8. The fourth-order valence-corrected chi connectivity index (χ4v) is 4.07. The van der Waals surface area contributed by atoms with Crippen molar-refractivity contribution in [2.24, 2.45) is 10.9 Å². The zero-order chi connectivity index (χ0) is 20.0. The summed E-state index contributed by atoms with van der Waals surface area (Å²) in [6, 6.07) is 0.0177. The number of aliphatic imine (C=N–C) groups is 1. The van der Waals surface area contributed by atoms with Crippen LogP contribution in [0.15, 0.2) is 42.1 Å². The quantitative estimate of drug-likeness (QED) is 0.715. The molecular weight excluding hydrogens is 366 g/mol. The second-order valence-corrected chi connectivity index (χ2v) is 7.62. The number of rotatable bonds is 3. The number of hydrogen-bond donors (Lipinski definition) is 2. The fraction of sp³-hybridized carbons (Fsp3) is 0.333. The van der Waals surface area contributed by atoms with Gasteiger partial charge in [-0.25, -0.2) is 15.0 Å². The van der Waals surface area contributed by atoms with Crippen molar-refractivity contribution in [3.8, 4) is 0 Å². The van der Waals surface area contributed by atoms with Gasteiger partial charge < -0.3 is 14.5 Å². The number of allylic oxidation sites excluding steroid dienone is 1. The number of imidazole rings is 1. The van der Waals surface area contributed by atoms with Gasteiger partial charge in [-0.15, -0.1) is 0 Å². The van der Waals surface area contributed by atoms with E-state index >= 15 is 0 Å². The lowest BCUT2D eigenvalue weighted by atomic mass is 9.87. The van der Waals surface area contributed by atoms with Crippen molar-refractivity contribution < 1.29 is 4.74 Å². The Morgan fingerprint density at radius 2 is 2.21 bits per heavy atom. The van der Waals surface area contributed by atoms with E-state index in [1.165, 1.54) is 11.1 Å². The van der Waals surface area contributed by atoms with Crippen LogP contribution in [0, 0.1) is 5.92 Å². The van der Waals surface area contributed by atoms with Gasteiger partial charge in [-0.1, -0.05) is 13.8 Å². The summed E-state index contributed by atoms with van der Waals surface area (Å²) in [6.45, 7) is 4.30. The van der Waals surface area contributed by atoms with Crippen LogP contribution in [0.2, 0.25) is 0 Å². The van der Waals surface area contributed by atoms with E-state index in [1.807, 2.05) is 29.1 Å². The molecule has 3 aromatic heterocycles. The van der Waals surface area contributed by atoms with Gasteiger partial charge in [-0.2, -0.15) is 5.10 Å². The molecule has 0 saturated heterocycles. The minimum atomic E-state index is 0.0177.